The predicted octanol–water partition coefficient (Wildman–Crippen LogP) is 3.83. The van der Waals surface area contributed by atoms with E-state index in [1.165, 1.54) is 0 Å². The van der Waals surface area contributed by atoms with E-state index in [0.29, 0.717) is 5.56 Å². The standard InChI is InChI=1S/C14H12O2/c1-10(2)3-5-13-8-12-7-11(9-15)4-6-14(12)16-13/h3-9H,1H2,2H3. The highest BCUT2D eigenvalue weighted by molar-refractivity contribution is 5.87. The molecule has 0 bridgehead atoms. The number of carbonyl (C=O) groups excluding carboxylic acids is 1. The van der Waals surface area contributed by atoms with Gasteiger partial charge in [0.05, 0.1) is 0 Å². The molecule has 0 saturated heterocycles. The van der Waals surface area contributed by atoms with Crippen LogP contribution in [0.15, 0.2) is 46.9 Å². The lowest BCUT2D eigenvalue weighted by atomic mass is 10.2. The lowest BCUT2D eigenvalue weighted by Gasteiger charge is -1.88. The van der Waals surface area contributed by atoms with Gasteiger partial charge in [-0.05, 0) is 37.3 Å². The van der Waals surface area contributed by atoms with Crippen LogP contribution in [0.3, 0.4) is 0 Å². The minimum absolute atomic E-state index is 0.656. The molecule has 1 aromatic carbocycles. The second-order valence-corrected chi connectivity index (χ2v) is 3.74. The van der Waals surface area contributed by atoms with Crippen molar-refractivity contribution in [2.24, 2.45) is 0 Å². The Morgan fingerprint density at radius 1 is 1.38 bits per heavy atom. The summed E-state index contributed by atoms with van der Waals surface area (Å²) in [5, 5.41) is 0.936. The van der Waals surface area contributed by atoms with Gasteiger partial charge in [-0.15, -0.1) is 0 Å². The van der Waals surface area contributed by atoms with E-state index in [0.717, 1.165) is 28.6 Å². The minimum atomic E-state index is 0.656. The first-order valence-corrected chi connectivity index (χ1v) is 5.01. The fraction of sp³-hybridized carbons (Fsp3) is 0.0714. The van der Waals surface area contributed by atoms with Gasteiger partial charge in [0.15, 0.2) is 0 Å². The number of fused-ring (bicyclic) bond motifs is 1. The van der Waals surface area contributed by atoms with Crippen LogP contribution in [0.1, 0.15) is 23.0 Å². The van der Waals surface area contributed by atoms with Crippen LogP contribution in [0.5, 0.6) is 0 Å². The van der Waals surface area contributed by atoms with Gasteiger partial charge in [-0.1, -0.05) is 18.2 Å². The predicted molar refractivity (Wildman–Crippen MR) is 65.4 cm³/mol. The number of allylic oxidation sites excluding steroid dienone is 2. The Morgan fingerprint density at radius 3 is 2.88 bits per heavy atom. The van der Waals surface area contributed by atoms with Crippen LogP contribution in [-0.2, 0) is 0 Å². The highest BCUT2D eigenvalue weighted by Gasteiger charge is 2.01. The maximum atomic E-state index is 10.6. The molecular weight excluding hydrogens is 200 g/mol. The van der Waals surface area contributed by atoms with E-state index in [2.05, 4.69) is 6.58 Å². The SMILES string of the molecule is C=C(C)C=Cc1cc2cc(C=O)ccc2o1. The summed E-state index contributed by atoms with van der Waals surface area (Å²) in [5.41, 5.74) is 2.41. The summed E-state index contributed by atoms with van der Waals surface area (Å²) >= 11 is 0. The van der Waals surface area contributed by atoms with E-state index in [1.807, 2.05) is 31.2 Å². The molecule has 0 unspecified atom stereocenters. The third-order valence-corrected chi connectivity index (χ3v) is 2.23. The highest BCUT2D eigenvalue weighted by atomic mass is 16.3. The molecule has 0 aliphatic heterocycles. The molecular formula is C14H12O2. The fourth-order valence-electron chi connectivity index (χ4n) is 1.46. The molecule has 0 radical (unpaired) electrons. The van der Waals surface area contributed by atoms with Gasteiger partial charge in [0.25, 0.3) is 0 Å². The Labute approximate surface area is 93.9 Å². The maximum Gasteiger partial charge on any atom is 0.150 e. The molecule has 0 N–H and O–H groups in total. The summed E-state index contributed by atoms with van der Waals surface area (Å²) in [4.78, 5) is 10.6. The zero-order chi connectivity index (χ0) is 11.5. The lowest BCUT2D eigenvalue weighted by molar-refractivity contribution is 0.112. The second kappa shape index (κ2) is 4.19. The largest absolute Gasteiger partial charge is 0.457 e. The third-order valence-electron chi connectivity index (χ3n) is 2.23. The summed E-state index contributed by atoms with van der Waals surface area (Å²) < 4.78 is 5.57. The van der Waals surface area contributed by atoms with E-state index in [9.17, 15) is 4.79 Å². The molecule has 2 heteroatoms. The summed E-state index contributed by atoms with van der Waals surface area (Å²) in [6, 6.07) is 7.26. The van der Waals surface area contributed by atoms with Crippen molar-refractivity contribution in [3.05, 3.63) is 53.8 Å². The van der Waals surface area contributed by atoms with E-state index in [-0.39, 0.29) is 0 Å². The van der Waals surface area contributed by atoms with Crippen molar-refractivity contribution in [2.45, 2.75) is 6.92 Å². The van der Waals surface area contributed by atoms with Gasteiger partial charge in [-0.2, -0.15) is 0 Å². The average Bonchev–Trinajstić information content (AvgIpc) is 2.67. The summed E-state index contributed by atoms with van der Waals surface area (Å²) in [6.45, 7) is 5.70. The van der Waals surface area contributed by atoms with Crippen molar-refractivity contribution in [1.29, 1.82) is 0 Å². The van der Waals surface area contributed by atoms with Gasteiger partial charge in [0.2, 0.25) is 0 Å². The summed E-state index contributed by atoms with van der Waals surface area (Å²) in [6.07, 6.45) is 4.58. The van der Waals surface area contributed by atoms with E-state index in [1.54, 1.807) is 12.1 Å². The van der Waals surface area contributed by atoms with Crippen LogP contribution >= 0.6 is 0 Å². The number of furan rings is 1. The monoisotopic (exact) mass is 212 g/mol. The third kappa shape index (κ3) is 2.11. The Kier molecular flexibility index (Phi) is 2.73. The summed E-state index contributed by atoms with van der Waals surface area (Å²) in [5.74, 6) is 0.765. The van der Waals surface area contributed by atoms with Gasteiger partial charge in [0, 0.05) is 10.9 Å². The zero-order valence-corrected chi connectivity index (χ0v) is 9.07. The van der Waals surface area contributed by atoms with Crippen molar-refractivity contribution in [3.8, 4) is 0 Å². The van der Waals surface area contributed by atoms with Crippen molar-refractivity contribution in [3.63, 3.8) is 0 Å². The maximum absolute atomic E-state index is 10.6. The molecule has 0 atom stereocenters. The topological polar surface area (TPSA) is 30.2 Å². The van der Waals surface area contributed by atoms with Crippen molar-refractivity contribution < 1.29 is 9.21 Å². The van der Waals surface area contributed by atoms with Crippen LogP contribution in [0.2, 0.25) is 0 Å². The number of aldehydes is 1. The molecule has 0 fully saturated rings. The number of hydrogen-bond acceptors (Lipinski definition) is 2. The molecule has 2 nitrogen and oxygen atoms in total. The Morgan fingerprint density at radius 2 is 2.19 bits per heavy atom. The van der Waals surface area contributed by atoms with Gasteiger partial charge in [-0.25, -0.2) is 0 Å². The first-order valence-electron chi connectivity index (χ1n) is 5.01. The highest BCUT2D eigenvalue weighted by Crippen LogP contribution is 2.21. The number of rotatable bonds is 3. The van der Waals surface area contributed by atoms with Crippen molar-refractivity contribution >= 4 is 23.3 Å². The van der Waals surface area contributed by atoms with Gasteiger partial charge in [0.1, 0.15) is 17.6 Å². The van der Waals surface area contributed by atoms with Crippen molar-refractivity contribution in [2.75, 3.05) is 0 Å². The molecule has 2 rings (SSSR count). The fourth-order valence-corrected chi connectivity index (χ4v) is 1.46. The zero-order valence-electron chi connectivity index (χ0n) is 9.07. The Balaban J connectivity index is 2.43. The smallest absolute Gasteiger partial charge is 0.150 e. The van der Waals surface area contributed by atoms with Crippen LogP contribution < -0.4 is 0 Å². The molecule has 16 heavy (non-hydrogen) atoms. The van der Waals surface area contributed by atoms with Gasteiger partial charge >= 0.3 is 0 Å². The molecule has 0 aliphatic rings. The molecule has 80 valence electrons. The molecule has 1 heterocycles. The molecule has 0 aliphatic carbocycles. The molecule has 1 aromatic heterocycles. The van der Waals surface area contributed by atoms with E-state index < -0.39 is 0 Å². The first kappa shape index (κ1) is 10.4. The van der Waals surface area contributed by atoms with Crippen LogP contribution in [0.4, 0.5) is 0 Å². The quantitative estimate of drug-likeness (QED) is 0.571. The van der Waals surface area contributed by atoms with Gasteiger partial charge in [-0.3, -0.25) is 4.79 Å². The van der Waals surface area contributed by atoms with Crippen LogP contribution in [-0.4, -0.2) is 6.29 Å². The number of carbonyl (C=O) groups is 1. The number of benzene rings is 1. The molecule has 0 spiro atoms. The van der Waals surface area contributed by atoms with Crippen LogP contribution in [0, 0.1) is 0 Å². The minimum Gasteiger partial charge on any atom is -0.457 e. The Hall–Kier alpha value is -2.09. The van der Waals surface area contributed by atoms with Gasteiger partial charge < -0.3 is 4.42 Å². The normalized spacial score (nSPS) is 11.1. The Bertz CT molecular complexity index is 573. The van der Waals surface area contributed by atoms with Crippen molar-refractivity contribution in [1.82, 2.24) is 0 Å². The van der Waals surface area contributed by atoms with Crippen LogP contribution in [0.25, 0.3) is 17.0 Å². The average molecular weight is 212 g/mol. The second-order valence-electron chi connectivity index (χ2n) is 3.74. The molecule has 2 aromatic rings. The van der Waals surface area contributed by atoms with E-state index >= 15 is 0 Å². The number of hydrogen-bond donors (Lipinski definition) is 0. The summed E-state index contributed by atoms with van der Waals surface area (Å²) in [7, 11) is 0. The molecule has 0 amide bonds. The molecule has 0 saturated carbocycles. The first-order chi connectivity index (χ1) is 7.69. The lowest BCUT2D eigenvalue weighted by Crippen LogP contribution is -1.75. The van der Waals surface area contributed by atoms with E-state index in [4.69, 9.17) is 4.42 Å².